The van der Waals surface area contributed by atoms with Gasteiger partial charge in [0.1, 0.15) is 18.2 Å². The maximum Gasteiger partial charge on any atom is 0.134 e. The summed E-state index contributed by atoms with van der Waals surface area (Å²) in [6, 6.07) is 10.1. The van der Waals surface area contributed by atoms with E-state index in [-0.39, 0.29) is 5.82 Å². The first-order valence-corrected chi connectivity index (χ1v) is 5.95. The molecule has 2 aromatic rings. The summed E-state index contributed by atoms with van der Waals surface area (Å²) in [5, 5.41) is 0. The van der Waals surface area contributed by atoms with Crippen molar-refractivity contribution in [2.75, 3.05) is 0 Å². The predicted molar refractivity (Wildman–Crippen MR) is 67.4 cm³/mol. The van der Waals surface area contributed by atoms with Crippen LogP contribution in [0.25, 0.3) is 0 Å². The fourth-order valence-electron chi connectivity index (χ4n) is 1.42. The summed E-state index contributed by atoms with van der Waals surface area (Å²) in [4.78, 5) is 4.32. The van der Waals surface area contributed by atoms with Crippen LogP contribution in [0, 0.1) is 12.7 Å². The highest BCUT2D eigenvalue weighted by Gasteiger charge is 2.03. The zero-order valence-corrected chi connectivity index (χ0v) is 10.9. The van der Waals surface area contributed by atoms with Crippen LogP contribution in [0.4, 0.5) is 4.39 Å². The summed E-state index contributed by atoms with van der Waals surface area (Å²) < 4.78 is 19.0. The predicted octanol–water partition coefficient (Wildman–Crippen LogP) is 3.87. The van der Waals surface area contributed by atoms with Crippen molar-refractivity contribution in [3.63, 3.8) is 0 Å². The number of ether oxygens (including phenoxy) is 1. The molecule has 0 radical (unpaired) electrons. The standard InChI is InChI=1S/C13H11BrFNO/c1-9-3-2-4-11(16-9)8-17-13-6-5-10(15)7-12(13)14/h2-7H,8H2,1H3. The molecule has 0 aliphatic heterocycles. The van der Waals surface area contributed by atoms with E-state index in [1.54, 1.807) is 6.07 Å². The highest BCUT2D eigenvalue weighted by molar-refractivity contribution is 9.10. The van der Waals surface area contributed by atoms with Gasteiger partial charge in [-0.15, -0.1) is 0 Å². The topological polar surface area (TPSA) is 22.1 Å². The monoisotopic (exact) mass is 295 g/mol. The summed E-state index contributed by atoms with van der Waals surface area (Å²) in [6.45, 7) is 2.29. The number of rotatable bonds is 3. The normalized spacial score (nSPS) is 10.3. The van der Waals surface area contributed by atoms with Gasteiger partial charge in [-0.05, 0) is 53.2 Å². The number of benzene rings is 1. The third kappa shape index (κ3) is 3.27. The van der Waals surface area contributed by atoms with E-state index in [0.717, 1.165) is 11.4 Å². The Morgan fingerprint density at radius 2 is 2.12 bits per heavy atom. The van der Waals surface area contributed by atoms with Crippen LogP contribution >= 0.6 is 15.9 Å². The van der Waals surface area contributed by atoms with E-state index in [4.69, 9.17) is 4.74 Å². The number of halogens is 2. The molecule has 0 unspecified atom stereocenters. The van der Waals surface area contributed by atoms with E-state index in [2.05, 4.69) is 20.9 Å². The molecule has 0 atom stereocenters. The van der Waals surface area contributed by atoms with Crippen LogP contribution in [-0.4, -0.2) is 4.98 Å². The molecule has 1 aromatic carbocycles. The van der Waals surface area contributed by atoms with Gasteiger partial charge in [-0.2, -0.15) is 0 Å². The van der Waals surface area contributed by atoms with Crippen molar-refractivity contribution in [1.29, 1.82) is 0 Å². The number of pyridine rings is 1. The van der Waals surface area contributed by atoms with Crippen molar-refractivity contribution in [3.8, 4) is 5.75 Å². The van der Waals surface area contributed by atoms with Crippen LogP contribution in [0.5, 0.6) is 5.75 Å². The van der Waals surface area contributed by atoms with E-state index in [1.807, 2.05) is 25.1 Å². The van der Waals surface area contributed by atoms with Crippen molar-refractivity contribution in [2.45, 2.75) is 13.5 Å². The van der Waals surface area contributed by atoms with Gasteiger partial charge < -0.3 is 4.74 Å². The SMILES string of the molecule is Cc1cccc(COc2ccc(F)cc2Br)n1. The number of nitrogens with zero attached hydrogens (tertiary/aromatic N) is 1. The molecular weight excluding hydrogens is 285 g/mol. The largest absolute Gasteiger partial charge is 0.486 e. The lowest BCUT2D eigenvalue weighted by Crippen LogP contribution is -1.99. The van der Waals surface area contributed by atoms with Crippen molar-refractivity contribution in [2.24, 2.45) is 0 Å². The molecule has 2 rings (SSSR count). The average molecular weight is 296 g/mol. The van der Waals surface area contributed by atoms with E-state index in [1.165, 1.54) is 12.1 Å². The maximum absolute atomic E-state index is 12.9. The summed E-state index contributed by atoms with van der Waals surface area (Å²) in [6.07, 6.45) is 0. The van der Waals surface area contributed by atoms with Gasteiger partial charge in [-0.1, -0.05) is 6.07 Å². The summed E-state index contributed by atoms with van der Waals surface area (Å²) >= 11 is 3.25. The molecule has 0 amide bonds. The Kier molecular flexibility index (Phi) is 3.74. The molecule has 0 fully saturated rings. The number of hydrogen-bond acceptors (Lipinski definition) is 2. The third-order valence-electron chi connectivity index (χ3n) is 2.22. The van der Waals surface area contributed by atoms with E-state index in [0.29, 0.717) is 16.8 Å². The Morgan fingerprint density at radius 3 is 2.82 bits per heavy atom. The third-order valence-corrected chi connectivity index (χ3v) is 2.84. The molecular formula is C13H11BrFNO. The highest BCUT2D eigenvalue weighted by Crippen LogP contribution is 2.26. The van der Waals surface area contributed by atoms with Gasteiger partial charge >= 0.3 is 0 Å². The first-order chi connectivity index (χ1) is 8.15. The Labute approximate surface area is 108 Å². The minimum absolute atomic E-state index is 0.294. The maximum atomic E-state index is 12.9. The Balaban J connectivity index is 2.07. The van der Waals surface area contributed by atoms with Crippen LogP contribution in [0.2, 0.25) is 0 Å². The van der Waals surface area contributed by atoms with Crippen molar-refractivity contribution < 1.29 is 9.13 Å². The molecule has 0 saturated carbocycles. The number of aromatic nitrogens is 1. The molecule has 17 heavy (non-hydrogen) atoms. The molecule has 2 nitrogen and oxygen atoms in total. The van der Waals surface area contributed by atoms with Crippen molar-refractivity contribution >= 4 is 15.9 Å². The first kappa shape index (κ1) is 12.0. The molecule has 0 aliphatic rings. The van der Waals surface area contributed by atoms with Crippen LogP contribution < -0.4 is 4.74 Å². The lowest BCUT2D eigenvalue weighted by molar-refractivity contribution is 0.298. The quantitative estimate of drug-likeness (QED) is 0.857. The smallest absolute Gasteiger partial charge is 0.134 e. The molecule has 0 saturated heterocycles. The van der Waals surface area contributed by atoms with Crippen LogP contribution in [0.15, 0.2) is 40.9 Å². The van der Waals surface area contributed by atoms with Gasteiger partial charge in [0.15, 0.2) is 0 Å². The lowest BCUT2D eigenvalue weighted by atomic mass is 10.3. The molecule has 0 spiro atoms. The highest BCUT2D eigenvalue weighted by atomic mass is 79.9. The second-order valence-corrected chi connectivity index (χ2v) is 4.49. The van der Waals surface area contributed by atoms with Crippen LogP contribution in [-0.2, 0) is 6.61 Å². The van der Waals surface area contributed by atoms with Gasteiger partial charge in [-0.25, -0.2) is 4.39 Å². The minimum atomic E-state index is -0.294. The first-order valence-electron chi connectivity index (χ1n) is 5.15. The number of hydrogen-bond donors (Lipinski definition) is 0. The molecule has 88 valence electrons. The van der Waals surface area contributed by atoms with Crippen LogP contribution in [0.1, 0.15) is 11.4 Å². The van der Waals surface area contributed by atoms with E-state index < -0.39 is 0 Å². The zero-order valence-electron chi connectivity index (χ0n) is 9.28. The fraction of sp³-hybridized carbons (Fsp3) is 0.154. The molecule has 0 aliphatic carbocycles. The second kappa shape index (κ2) is 5.27. The minimum Gasteiger partial charge on any atom is -0.486 e. The molecule has 1 heterocycles. The van der Waals surface area contributed by atoms with Gasteiger partial charge in [0, 0.05) is 5.69 Å². The lowest BCUT2D eigenvalue weighted by Gasteiger charge is -2.08. The van der Waals surface area contributed by atoms with Crippen molar-refractivity contribution in [1.82, 2.24) is 4.98 Å². The summed E-state index contributed by atoms with van der Waals surface area (Å²) in [5.74, 6) is 0.313. The Morgan fingerprint density at radius 1 is 1.29 bits per heavy atom. The summed E-state index contributed by atoms with van der Waals surface area (Å²) in [5.41, 5.74) is 1.80. The fourth-order valence-corrected chi connectivity index (χ4v) is 1.89. The number of aryl methyl sites for hydroxylation is 1. The van der Waals surface area contributed by atoms with Crippen molar-refractivity contribution in [3.05, 3.63) is 58.1 Å². The second-order valence-electron chi connectivity index (χ2n) is 3.63. The molecule has 4 heteroatoms. The van der Waals surface area contributed by atoms with Crippen LogP contribution in [0.3, 0.4) is 0 Å². The molecule has 0 N–H and O–H groups in total. The van der Waals surface area contributed by atoms with E-state index >= 15 is 0 Å². The average Bonchev–Trinajstić information content (AvgIpc) is 2.28. The summed E-state index contributed by atoms with van der Waals surface area (Å²) in [7, 11) is 0. The van der Waals surface area contributed by atoms with Gasteiger partial charge in [-0.3, -0.25) is 4.98 Å². The Hall–Kier alpha value is -1.42. The van der Waals surface area contributed by atoms with Gasteiger partial charge in [0.25, 0.3) is 0 Å². The molecule has 0 bridgehead atoms. The zero-order chi connectivity index (χ0) is 12.3. The molecule has 1 aromatic heterocycles. The van der Waals surface area contributed by atoms with Gasteiger partial charge in [0.2, 0.25) is 0 Å². The Bertz CT molecular complexity index is 531. The van der Waals surface area contributed by atoms with Gasteiger partial charge in [0.05, 0.1) is 10.2 Å². The van der Waals surface area contributed by atoms with E-state index in [9.17, 15) is 4.39 Å².